The fourth-order valence-corrected chi connectivity index (χ4v) is 6.05. The molecule has 0 spiro atoms. The number of nitrogens with two attached hydrogens (primary N) is 1. The maximum absolute atomic E-state index is 12.6. The van der Waals surface area contributed by atoms with Gasteiger partial charge in [0.05, 0.1) is 12.1 Å². The summed E-state index contributed by atoms with van der Waals surface area (Å²) in [6, 6.07) is 10.8. The molecule has 0 aliphatic carbocycles. The fraction of sp³-hybridized carbons (Fsp3) is 0.600. The normalized spacial score (nSPS) is 32.3. The maximum atomic E-state index is 12.6. The number of rotatable bonds is 6. The number of hydrogen-bond acceptors (Lipinski definition) is 4. The molecule has 3 saturated heterocycles. The summed E-state index contributed by atoms with van der Waals surface area (Å²) in [7, 11) is 0. The van der Waals surface area contributed by atoms with Gasteiger partial charge in [-0.15, -0.1) is 0 Å². The minimum absolute atomic E-state index is 0.0154. The van der Waals surface area contributed by atoms with E-state index in [2.05, 4.69) is 22.8 Å². The summed E-state index contributed by atoms with van der Waals surface area (Å²) in [5, 5.41) is 6.46. The number of likely N-dealkylation sites (tertiary alicyclic amines) is 1. The van der Waals surface area contributed by atoms with E-state index >= 15 is 0 Å². The Morgan fingerprint density at radius 2 is 2.00 bits per heavy atom. The molecular formula is C20H28N4O2S. The van der Waals surface area contributed by atoms with E-state index in [9.17, 15) is 9.59 Å². The van der Waals surface area contributed by atoms with Gasteiger partial charge in [-0.05, 0) is 18.4 Å². The number of fused-ring (bicyclic) bond motifs is 1. The number of carbonyl (C=O) groups is 2. The smallest absolute Gasteiger partial charge is 0.315 e. The van der Waals surface area contributed by atoms with Crippen molar-refractivity contribution < 1.29 is 9.59 Å². The molecule has 4 rings (SSSR count). The van der Waals surface area contributed by atoms with E-state index in [1.54, 1.807) is 0 Å². The van der Waals surface area contributed by atoms with Crippen molar-refractivity contribution in [1.82, 2.24) is 15.5 Å². The Morgan fingerprint density at radius 3 is 2.81 bits per heavy atom. The molecule has 0 radical (unpaired) electrons. The number of nitrogens with one attached hydrogen (secondary N) is 2. The van der Waals surface area contributed by atoms with Gasteiger partial charge < -0.3 is 21.3 Å². The summed E-state index contributed by atoms with van der Waals surface area (Å²) in [6.45, 7) is 1.38. The predicted molar refractivity (Wildman–Crippen MR) is 108 cm³/mol. The van der Waals surface area contributed by atoms with E-state index < -0.39 is 0 Å². The van der Waals surface area contributed by atoms with Crippen molar-refractivity contribution in [3.8, 4) is 0 Å². The Kier molecular flexibility index (Phi) is 5.59. The Morgan fingerprint density at radius 1 is 1.19 bits per heavy atom. The van der Waals surface area contributed by atoms with Gasteiger partial charge in [0, 0.05) is 42.5 Å². The van der Waals surface area contributed by atoms with Crippen LogP contribution >= 0.6 is 11.8 Å². The lowest BCUT2D eigenvalue weighted by molar-refractivity contribution is -0.130. The number of carbonyl (C=O) groups excluding carboxylic acids is 2. The Bertz CT molecular complexity index is 686. The van der Waals surface area contributed by atoms with Crippen molar-refractivity contribution in [2.75, 3.05) is 18.8 Å². The van der Waals surface area contributed by atoms with Crippen LogP contribution in [0.25, 0.3) is 0 Å². The fourth-order valence-electron chi connectivity index (χ4n) is 4.51. The number of benzene rings is 1. The van der Waals surface area contributed by atoms with Gasteiger partial charge in [0.25, 0.3) is 0 Å². The standard InChI is InChI=1S/C20H28N4O2S/c21-15-11-24(10-14(15)13-6-2-1-3-7-13)18(25)9-5-4-8-17-19-16(12-27-17)22-20(26)23-19/h1-3,6-7,14-17,19H,4-5,8-12,21H2,(H2,22,23,26)/t14-,15+,16-,17-,19-/m0/s1. The first-order chi connectivity index (χ1) is 13.1. The highest BCUT2D eigenvalue weighted by Gasteiger charge is 2.42. The highest BCUT2D eigenvalue weighted by Crippen LogP contribution is 2.33. The van der Waals surface area contributed by atoms with Crippen molar-refractivity contribution in [3.63, 3.8) is 0 Å². The topological polar surface area (TPSA) is 87.5 Å². The first-order valence-corrected chi connectivity index (χ1v) is 10.9. The third-order valence-corrected chi connectivity index (χ3v) is 7.52. The van der Waals surface area contributed by atoms with Gasteiger partial charge in [-0.2, -0.15) is 11.8 Å². The molecule has 0 aromatic heterocycles. The molecule has 0 saturated carbocycles. The second-order valence-corrected chi connectivity index (χ2v) is 9.12. The molecule has 6 nitrogen and oxygen atoms in total. The lowest BCUT2D eigenvalue weighted by atomic mass is 9.95. The molecule has 3 aliphatic rings. The van der Waals surface area contributed by atoms with Gasteiger partial charge in [-0.3, -0.25) is 4.79 Å². The molecule has 3 heterocycles. The van der Waals surface area contributed by atoms with Crippen molar-refractivity contribution >= 4 is 23.7 Å². The molecule has 5 atom stereocenters. The first kappa shape index (κ1) is 18.6. The molecule has 0 bridgehead atoms. The second-order valence-electron chi connectivity index (χ2n) is 7.85. The SMILES string of the molecule is N[C@@H]1CN(C(=O)CCCC[C@@H]2SC[C@@H]3NC(=O)N[C@@H]32)C[C@H]1c1ccccc1. The van der Waals surface area contributed by atoms with E-state index in [-0.39, 0.29) is 36.0 Å². The molecule has 3 aliphatic heterocycles. The zero-order valence-electron chi connectivity index (χ0n) is 15.5. The molecule has 27 heavy (non-hydrogen) atoms. The first-order valence-electron chi connectivity index (χ1n) is 9.89. The molecule has 146 valence electrons. The average molecular weight is 389 g/mol. The summed E-state index contributed by atoms with van der Waals surface area (Å²) in [5.74, 6) is 1.44. The van der Waals surface area contributed by atoms with Crippen molar-refractivity contribution in [2.24, 2.45) is 5.73 Å². The summed E-state index contributed by atoms with van der Waals surface area (Å²) in [4.78, 5) is 26.0. The maximum Gasteiger partial charge on any atom is 0.315 e. The Labute approximate surface area is 164 Å². The number of thioether (sulfide) groups is 1. The number of nitrogens with zero attached hydrogens (tertiary/aromatic N) is 1. The minimum atomic E-state index is -0.0381. The van der Waals surface area contributed by atoms with Crippen LogP contribution in [0.15, 0.2) is 30.3 Å². The lowest BCUT2D eigenvalue weighted by Gasteiger charge is -2.18. The van der Waals surface area contributed by atoms with Crippen LogP contribution < -0.4 is 16.4 Å². The molecule has 0 unspecified atom stereocenters. The molecule has 1 aromatic rings. The van der Waals surface area contributed by atoms with Gasteiger partial charge >= 0.3 is 6.03 Å². The summed E-state index contributed by atoms with van der Waals surface area (Å²) in [6.07, 6.45) is 3.55. The quantitative estimate of drug-likeness (QED) is 0.511. The molecule has 1 aromatic carbocycles. The Hall–Kier alpha value is -1.73. The van der Waals surface area contributed by atoms with Gasteiger partial charge in [-0.25, -0.2) is 4.79 Å². The van der Waals surface area contributed by atoms with Crippen LogP contribution in [-0.2, 0) is 4.79 Å². The third-order valence-electron chi connectivity index (χ3n) is 6.01. The monoisotopic (exact) mass is 388 g/mol. The third kappa shape index (κ3) is 4.09. The molecule has 3 amide bonds. The summed E-state index contributed by atoms with van der Waals surface area (Å²) in [5.41, 5.74) is 7.52. The average Bonchev–Trinajstić information content (AvgIpc) is 3.34. The van der Waals surface area contributed by atoms with E-state index in [0.717, 1.165) is 31.6 Å². The summed E-state index contributed by atoms with van der Waals surface area (Å²) < 4.78 is 0. The minimum Gasteiger partial charge on any atom is -0.340 e. The molecule has 4 N–H and O–H groups in total. The van der Waals surface area contributed by atoms with Crippen LogP contribution in [0.4, 0.5) is 4.79 Å². The Balaban J connectivity index is 1.20. The molecular weight excluding hydrogens is 360 g/mol. The van der Waals surface area contributed by atoms with Crippen molar-refractivity contribution in [3.05, 3.63) is 35.9 Å². The highest BCUT2D eigenvalue weighted by atomic mass is 32.2. The zero-order chi connectivity index (χ0) is 18.8. The number of amides is 3. The van der Waals surface area contributed by atoms with Crippen molar-refractivity contribution in [1.29, 1.82) is 0 Å². The number of unbranched alkanes of at least 4 members (excludes halogenated alkanes) is 1. The van der Waals surface area contributed by atoms with Crippen LogP contribution in [0, 0.1) is 0 Å². The van der Waals surface area contributed by atoms with E-state index in [4.69, 9.17) is 5.73 Å². The van der Waals surface area contributed by atoms with Gasteiger partial charge in [0.15, 0.2) is 0 Å². The van der Waals surface area contributed by atoms with E-state index in [1.165, 1.54) is 5.56 Å². The van der Waals surface area contributed by atoms with Crippen LogP contribution in [-0.4, -0.2) is 59.1 Å². The van der Waals surface area contributed by atoms with Crippen molar-refractivity contribution in [2.45, 2.75) is 55.0 Å². The highest BCUT2D eigenvalue weighted by molar-refractivity contribution is 8.00. The number of urea groups is 1. The van der Waals surface area contributed by atoms with E-state index in [1.807, 2.05) is 34.9 Å². The molecule has 3 fully saturated rings. The number of hydrogen-bond donors (Lipinski definition) is 3. The van der Waals surface area contributed by atoms with E-state index in [0.29, 0.717) is 18.2 Å². The molecule has 7 heteroatoms. The van der Waals surface area contributed by atoms with Gasteiger partial charge in [0.2, 0.25) is 5.91 Å². The van der Waals surface area contributed by atoms with Crippen LogP contribution in [0.1, 0.15) is 37.2 Å². The predicted octanol–water partition coefficient (Wildman–Crippen LogP) is 1.67. The lowest BCUT2D eigenvalue weighted by Crippen LogP contribution is -2.36. The largest absolute Gasteiger partial charge is 0.340 e. The van der Waals surface area contributed by atoms with Gasteiger partial charge in [-0.1, -0.05) is 36.8 Å². The zero-order valence-corrected chi connectivity index (χ0v) is 16.3. The van der Waals surface area contributed by atoms with Gasteiger partial charge in [0.1, 0.15) is 0 Å². The second kappa shape index (κ2) is 8.10. The van der Waals surface area contributed by atoms with Crippen LogP contribution in [0.5, 0.6) is 0 Å². The van der Waals surface area contributed by atoms with Crippen LogP contribution in [0.2, 0.25) is 0 Å². The summed E-state index contributed by atoms with van der Waals surface area (Å²) >= 11 is 1.93. The van der Waals surface area contributed by atoms with Crippen LogP contribution in [0.3, 0.4) is 0 Å².